The van der Waals surface area contributed by atoms with E-state index in [0.717, 1.165) is 23.5 Å². The third kappa shape index (κ3) is 2.14. The Kier molecular flexibility index (Phi) is 3.05. The third-order valence-corrected chi connectivity index (χ3v) is 2.50. The van der Waals surface area contributed by atoms with Crippen molar-refractivity contribution >= 4 is 0 Å². The molecule has 0 saturated carbocycles. The summed E-state index contributed by atoms with van der Waals surface area (Å²) in [7, 11) is 1.93. The van der Waals surface area contributed by atoms with Gasteiger partial charge in [-0.05, 0) is 6.07 Å². The second kappa shape index (κ2) is 4.49. The van der Waals surface area contributed by atoms with Gasteiger partial charge in [-0.25, -0.2) is 0 Å². The SMILES string of the molecule is CC(C)NCc1cn[nH]c1-c1ccnn1C. The van der Waals surface area contributed by atoms with Crippen LogP contribution in [0.2, 0.25) is 0 Å². The van der Waals surface area contributed by atoms with E-state index in [-0.39, 0.29) is 0 Å². The van der Waals surface area contributed by atoms with Gasteiger partial charge in [0.25, 0.3) is 0 Å². The summed E-state index contributed by atoms with van der Waals surface area (Å²) in [6, 6.07) is 2.45. The van der Waals surface area contributed by atoms with Crippen molar-refractivity contribution in [3.63, 3.8) is 0 Å². The van der Waals surface area contributed by atoms with Crippen LogP contribution in [0.4, 0.5) is 0 Å². The molecular weight excluding hydrogens is 202 g/mol. The van der Waals surface area contributed by atoms with Crippen LogP contribution in [0, 0.1) is 0 Å². The molecule has 0 spiro atoms. The number of H-pyrrole nitrogens is 1. The maximum absolute atomic E-state index is 4.16. The predicted octanol–water partition coefficient (Wildman–Crippen LogP) is 1.31. The summed E-state index contributed by atoms with van der Waals surface area (Å²) >= 11 is 0. The van der Waals surface area contributed by atoms with Gasteiger partial charge < -0.3 is 5.32 Å². The van der Waals surface area contributed by atoms with E-state index in [4.69, 9.17) is 0 Å². The first-order chi connectivity index (χ1) is 7.68. The van der Waals surface area contributed by atoms with E-state index >= 15 is 0 Å². The van der Waals surface area contributed by atoms with Gasteiger partial charge in [0.2, 0.25) is 0 Å². The molecule has 0 aliphatic rings. The van der Waals surface area contributed by atoms with Gasteiger partial charge in [-0.1, -0.05) is 13.8 Å². The van der Waals surface area contributed by atoms with E-state index in [0.29, 0.717) is 6.04 Å². The Morgan fingerprint density at radius 1 is 1.50 bits per heavy atom. The van der Waals surface area contributed by atoms with Gasteiger partial charge in [0.05, 0.1) is 17.6 Å². The average Bonchev–Trinajstić information content (AvgIpc) is 2.82. The van der Waals surface area contributed by atoms with Crippen molar-refractivity contribution in [3.8, 4) is 11.4 Å². The highest BCUT2D eigenvalue weighted by Gasteiger charge is 2.10. The molecule has 0 amide bonds. The maximum Gasteiger partial charge on any atom is 0.0876 e. The van der Waals surface area contributed by atoms with E-state index in [1.54, 1.807) is 6.20 Å². The van der Waals surface area contributed by atoms with E-state index in [2.05, 4.69) is 34.5 Å². The molecule has 2 aromatic rings. The van der Waals surface area contributed by atoms with Gasteiger partial charge in [-0.3, -0.25) is 9.78 Å². The lowest BCUT2D eigenvalue weighted by molar-refractivity contribution is 0.589. The zero-order valence-electron chi connectivity index (χ0n) is 9.86. The molecule has 0 atom stereocenters. The summed E-state index contributed by atoms with van der Waals surface area (Å²) in [4.78, 5) is 0. The highest BCUT2D eigenvalue weighted by atomic mass is 15.3. The summed E-state index contributed by atoms with van der Waals surface area (Å²) in [6.45, 7) is 5.07. The van der Waals surface area contributed by atoms with Crippen LogP contribution < -0.4 is 5.32 Å². The summed E-state index contributed by atoms with van der Waals surface area (Å²) < 4.78 is 1.84. The Morgan fingerprint density at radius 3 is 2.94 bits per heavy atom. The molecule has 0 aliphatic carbocycles. The molecule has 0 unspecified atom stereocenters. The summed E-state index contributed by atoms with van der Waals surface area (Å²) in [6.07, 6.45) is 3.65. The zero-order valence-corrected chi connectivity index (χ0v) is 9.86. The highest BCUT2D eigenvalue weighted by Crippen LogP contribution is 2.19. The summed E-state index contributed by atoms with van der Waals surface area (Å²) in [5, 5.41) is 14.7. The van der Waals surface area contributed by atoms with Crippen LogP contribution in [0.25, 0.3) is 11.4 Å². The molecule has 0 fully saturated rings. The van der Waals surface area contributed by atoms with Gasteiger partial charge in [0.15, 0.2) is 0 Å². The van der Waals surface area contributed by atoms with Crippen molar-refractivity contribution < 1.29 is 0 Å². The van der Waals surface area contributed by atoms with Crippen molar-refractivity contribution in [2.24, 2.45) is 7.05 Å². The summed E-state index contributed by atoms with van der Waals surface area (Å²) in [5.41, 5.74) is 3.25. The number of nitrogens with zero attached hydrogens (tertiary/aromatic N) is 3. The van der Waals surface area contributed by atoms with Crippen molar-refractivity contribution in [1.82, 2.24) is 25.3 Å². The fraction of sp³-hybridized carbons (Fsp3) is 0.455. The molecular formula is C11H17N5. The molecule has 0 radical (unpaired) electrons. The maximum atomic E-state index is 4.16. The quantitative estimate of drug-likeness (QED) is 0.815. The Balaban J connectivity index is 2.23. The summed E-state index contributed by atoms with van der Waals surface area (Å²) in [5.74, 6) is 0. The lowest BCUT2D eigenvalue weighted by atomic mass is 10.2. The number of hydrogen-bond donors (Lipinski definition) is 2. The van der Waals surface area contributed by atoms with Crippen LogP contribution in [0.3, 0.4) is 0 Å². The number of hydrogen-bond acceptors (Lipinski definition) is 3. The van der Waals surface area contributed by atoms with Gasteiger partial charge in [0, 0.05) is 31.4 Å². The van der Waals surface area contributed by atoms with Crippen LogP contribution in [-0.2, 0) is 13.6 Å². The second-order valence-corrected chi connectivity index (χ2v) is 4.15. The first kappa shape index (κ1) is 10.9. The van der Waals surface area contributed by atoms with E-state index in [1.807, 2.05) is 24.0 Å². The zero-order chi connectivity index (χ0) is 11.5. The van der Waals surface area contributed by atoms with Crippen molar-refractivity contribution in [3.05, 3.63) is 24.0 Å². The van der Waals surface area contributed by atoms with Crippen molar-refractivity contribution in [1.29, 1.82) is 0 Å². The first-order valence-corrected chi connectivity index (χ1v) is 5.42. The fourth-order valence-electron chi connectivity index (χ4n) is 1.60. The fourth-order valence-corrected chi connectivity index (χ4v) is 1.60. The molecule has 0 bridgehead atoms. The average molecular weight is 219 g/mol. The number of rotatable bonds is 4. The molecule has 5 nitrogen and oxygen atoms in total. The van der Waals surface area contributed by atoms with Gasteiger partial charge >= 0.3 is 0 Å². The Labute approximate surface area is 94.9 Å². The first-order valence-electron chi connectivity index (χ1n) is 5.42. The van der Waals surface area contributed by atoms with Crippen LogP contribution in [0.15, 0.2) is 18.5 Å². The standard InChI is InChI=1S/C11H17N5/c1-8(2)12-6-9-7-13-15-11(9)10-4-5-14-16(10)3/h4-5,7-8,12H,6H2,1-3H3,(H,13,15). The van der Waals surface area contributed by atoms with Crippen molar-refractivity contribution in [2.75, 3.05) is 0 Å². The van der Waals surface area contributed by atoms with Gasteiger partial charge in [0.1, 0.15) is 0 Å². The lowest BCUT2D eigenvalue weighted by Crippen LogP contribution is -2.21. The predicted molar refractivity (Wildman–Crippen MR) is 62.8 cm³/mol. The number of aromatic nitrogens is 4. The molecule has 16 heavy (non-hydrogen) atoms. The molecule has 0 aliphatic heterocycles. The largest absolute Gasteiger partial charge is 0.310 e. The second-order valence-electron chi connectivity index (χ2n) is 4.15. The van der Waals surface area contributed by atoms with E-state index < -0.39 is 0 Å². The molecule has 2 heterocycles. The minimum atomic E-state index is 0.467. The Morgan fingerprint density at radius 2 is 2.31 bits per heavy atom. The minimum Gasteiger partial charge on any atom is -0.310 e. The highest BCUT2D eigenvalue weighted by molar-refractivity contribution is 5.58. The smallest absolute Gasteiger partial charge is 0.0876 e. The molecule has 86 valence electrons. The van der Waals surface area contributed by atoms with Crippen LogP contribution in [-0.4, -0.2) is 26.0 Å². The molecule has 2 N–H and O–H groups in total. The molecule has 0 saturated heterocycles. The van der Waals surface area contributed by atoms with Gasteiger partial charge in [-0.15, -0.1) is 0 Å². The number of aromatic amines is 1. The van der Waals surface area contributed by atoms with Crippen molar-refractivity contribution in [2.45, 2.75) is 26.4 Å². The van der Waals surface area contributed by atoms with Crippen LogP contribution in [0.5, 0.6) is 0 Å². The number of aryl methyl sites for hydroxylation is 1. The van der Waals surface area contributed by atoms with Crippen LogP contribution in [0.1, 0.15) is 19.4 Å². The Hall–Kier alpha value is -1.62. The molecule has 2 aromatic heterocycles. The molecule has 2 rings (SSSR count). The minimum absolute atomic E-state index is 0.467. The normalized spacial score (nSPS) is 11.2. The van der Waals surface area contributed by atoms with Crippen LogP contribution >= 0.6 is 0 Å². The molecule has 0 aromatic carbocycles. The Bertz CT molecular complexity index is 454. The topological polar surface area (TPSA) is 58.5 Å². The van der Waals surface area contributed by atoms with E-state index in [9.17, 15) is 0 Å². The van der Waals surface area contributed by atoms with Gasteiger partial charge in [-0.2, -0.15) is 10.2 Å². The van der Waals surface area contributed by atoms with E-state index in [1.165, 1.54) is 0 Å². The molecule has 5 heteroatoms. The monoisotopic (exact) mass is 219 g/mol. The number of nitrogens with one attached hydrogen (secondary N) is 2. The lowest BCUT2D eigenvalue weighted by Gasteiger charge is -2.08. The third-order valence-electron chi connectivity index (χ3n) is 2.50.